The van der Waals surface area contributed by atoms with Gasteiger partial charge in [0.1, 0.15) is 11.0 Å². The van der Waals surface area contributed by atoms with Crippen LogP contribution in [0.2, 0.25) is 0 Å². The van der Waals surface area contributed by atoms with Gasteiger partial charge in [0, 0.05) is 44.0 Å². The molecule has 0 aliphatic rings. The second kappa shape index (κ2) is 10.2. The molecule has 0 saturated carbocycles. The van der Waals surface area contributed by atoms with E-state index in [0.717, 1.165) is 44.7 Å². The summed E-state index contributed by atoms with van der Waals surface area (Å²) in [7, 11) is 0. The van der Waals surface area contributed by atoms with Gasteiger partial charge in [-0.15, -0.1) is 0 Å². The van der Waals surface area contributed by atoms with Gasteiger partial charge in [0.2, 0.25) is 0 Å². The van der Waals surface area contributed by atoms with Crippen molar-refractivity contribution in [3.05, 3.63) is 158 Å². The Balaban J connectivity index is 1.14. The van der Waals surface area contributed by atoms with Gasteiger partial charge in [-0.25, -0.2) is 0 Å². The van der Waals surface area contributed by atoms with Crippen molar-refractivity contribution in [1.82, 2.24) is 17.9 Å². The molecule has 4 nitrogen and oxygen atoms in total. The highest BCUT2D eigenvalue weighted by molar-refractivity contribution is 7.00. The minimum atomic E-state index is 0.936. The summed E-state index contributed by atoms with van der Waals surface area (Å²) >= 11 is 1.28. The van der Waals surface area contributed by atoms with Crippen LogP contribution in [-0.2, 0) is 0 Å². The monoisotopic (exact) mass is 618 g/mol. The lowest BCUT2D eigenvalue weighted by Gasteiger charge is -2.10. The summed E-state index contributed by atoms with van der Waals surface area (Å²) < 4.78 is 14.4. The molecule has 0 fully saturated rings. The largest absolute Gasteiger partial charge is 0.309 e. The average Bonchev–Trinajstić information content (AvgIpc) is 3.85. The Morgan fingerprint density at radius 1 is 0.362 bits per heavy atom. The van der Waals surface area contributed by atoms with Crippen LogP contribution < -0.4 is 0 Å². The lowest BCUT2D eigenvalue weighted by atomic mass is 9.96. The molecule has 7 aromatic carbocycles. The molecule has 0 aliphatic carbocycles. The zero-order valence-corrected chi connectivity index (χ0v) is 26.0. The Kier molecular flexibility index (Phi) is 5.71. The molecular formula is C42H26N4S. The van der Waals surface area contributed by atoms with Gasteiger partial charge in [0.15, 0.2) is 0 Å². The third kappa shape index (κ3) is 3.94. The Morgan fingerprint density at radius 2 is 0.766 bits per heavy atom. The molecular weight excluding hydrogens is 593 g/mol. The number of nitrogens with zero attached hydrogens (tertiary/aromatic N) is 4. The zero-order chi connectivity index (χ0) is 30.9. The highest BCUT2D eigenvalue weighted by Crippen LogP contribution is 2.40. The smallest absolute Gasteiger partial charge is 0.113 e. The molecule has 220 valence electrons. The van der Waals surface area contributed by atoms with Crippen LogP contribution >= 0.6 is 11.7 Å². The first kappa shape index (κ1) is 26.2. The van der Waals surface area contributed by atoms with Crippen molar-refractivity contribution in [2.45, 2.75) is 0 Å². The van der Waals surface area contributed by atoms with Crippen LogP contribution in [0.15, 0.2) is 158 Å². The van der Waals surface area contributed by atoms with Crippen LogP contribution in [-0.4, -0.2) is 17.9 Å². The first-order valence-corrected chi connectivity index (χ1v) is 16.5. The minimum absolute atomic E-state index is 0.936. The number of fused-ring (bicyclic) bond motifs is 7. The highest BCUT2D eigenvalue weighted by atomic mass is 32.1. The number of rotatable bonds is 4. The average molecular weight is 619 g/mol. The molecule has 0 spiro atoms. The summed E-state index contributed by atoms with van der Waals surface area (Å²) in [6.07, 6.45) is 0. The fourth-order valence-electron chi connectivity index (χ4n) is 7.32. The van der Waals surface area contributed by atoms with Crippen molar-refractivity contribution in [3.8, 4) is 33.6 Å². The predicted octanol–water partition coefficient (Wildman–Crippen LogP) is 11.2. The first-order valence-electron chi connectivity index (χ1n) is 15.8. The SMILES string of the molecule is c1ccc(-n2c3ccccc3c3cc(-c4ccc(-c5ccc6c(c5)c5ccccc5n6-c5ccccc5)c5nsnc45)ccc32)cc1. The van der Waals surface area contributed by atoms with Crippen LogP contribution in [0.5, 0.6) is 0 Å². The molecule has 0 saturated heterocycles. The summed E-state index contributed by atoms with van der Waals surface area (Å²) in [5.41, 5.74) is 13.4. The van der Waals surface area contributed by atoms with E-state index < -0.39 is 0 Å². The summed E-state index contributed by atoms with van der Waals surface area (Å²) in [4.78, 5) is 0. The van der Waals surface area contributed by atoms with Crippen molar-refractivity contribution in [2.24, 2.45) is 0 Å². The third-order valence-electron chi connectivity index (χ3n) is 9.41. The van der Waals surface area contributed by atoms with E-state index in [1.807, 2.05) is 0 Å². The van der Waals surface area contributed by atoms with E-state index in [2.05, 4.69) is 167 Å². The third-order valence-corrected chi connectivity index (χ3v) is 9.94. The van der Waals surface area contributed by atoms with E-state index in [4.69, 9.17) is 8.75 Å². The molecule has 3 heterocycles. The lowest BCUT2D eigenvalue weighted by Crippen LogP contribution is -1.93. The van der Waals surface area contributed by atoms with Crippen molar-refractivity contribution >= 4 is 66.4 Å². The van der Waals surface area contributed by atoms with Crippen molar-refractivity contribution in [1.29, 1.82) is 0 Å². The Bertz CT molecular complexity index is 2600. The normalized spacial score (nSPS) is 11.8. The maximum Gasteiger partial charge on any atom is 0.113 e. The van der Waals surface area contributed by atoms with E-state index in [1.165, 1.54) is 55.3 Å². The number of benzene rings is 7. The van der Waals surface area contributed by atoms with Crippen molar-refractivity contribution < 1.29 is 0 Å². The molecule has 0 amide bonds. The second-order valence-corrected chi connectivity index (χ2v) is 12.5. The van der Waals surface area contributed by atoms with Crippen molar-refractivity contribution in [3.63, 3.8) is 0 Å². The molecule has 10 rings (SSSR count). The molecule has 0 radical (unpaired) electrons. The molecule has 0 aliphatic heterocycles. The molecule has 0 unspecified atom stereocenters. The van der Waals surface area contributed by atoms with E-state index in [9.17, 15) is 0 Å². The predicted molar refractivity (Wildman–Crippen MR) is 197 cm³/mol. The van der Waals surface area contributed by atoms with Crippen LogP contribution in [0, 0.1) is 0 Å². The lowest BCUT2D eigenvalue weighted by molar-refractivity contribution is 1.18. The van der Waals surface area contributed by atoms with Gasteiger partial charge in [-0.05, 0) is 71.8 Å². The zero-order valence-electron chi connectivity index (χ0n) is 25.2. The van der Waals surface area contributed by atoms with Gasteiger partial charge in [-0.2, -0.15) is 8.75 Å². The van der Waals surface area contributed by atoms with Crippen LogP contribution in [0.4, 0.5) is 0 Å². The van der Waals surface area contributed by atoms with Gasteiger partial charge in [0.25, 0.3) is 0 Å². The van der Waals surface area contributed by atoms with Crippen LogP contribution in [0.3, 0.4) is 0 Å². The van der Waals surface area contributed by atoms with Crippen LogP contribution in [0.1, 0.15) is 0 Å². The van der Waals surface area contributed by atoms with Gasteiger partial charge in [0.05, 0.1) is 33.8 Å². The maximum absolute atomic E-state index is 4.85. The quantitative estimate of drug-likeness (QED) is 0.197. The molecule has 10 aromatic rings. The topological polar surface area (TPSA) is 35.6 Å². The molecule has 0 atom stereocenters. The number of aromatic nitrogens is 4. The molecule has 3 aromatic heterocycles. The van der Waals surface area contributed by atoms with Gasteiger partial charge >= 0.3 is 0 Å². The number of para-hydroxylation sites is 4. The fourth-order valence-corrected chi connectivity index (χ4v) is 7.90. The standard InChI is InChI=1S/C42H26N4S/c1-3-11-29(12-4-1)45-37-17-9-7-15-33(37)35-25-27(19-23-39(35)45)31-21-22-32(42-41(31)43-47-44-42)28-20-24-40-36(26-28)34-16-8-10-18-38(34)46(40)30-13-5-2-6-14-30/h1-26H. The second-order valence-electron chi connectivity index (χ2n) is 12.0. The Hall–Kier alpha value is -6.04. The number of hydrogen-bond acceptors (Lipinski definition) is 3. The minimum Gasteiger partial charge on any atom is -0.309 e. The Morgan fingerprint density at radius 3 is 1.23 bits per heavy atom. The van der Waals surface area contributed by atoms with Crippen LogP contribution in [0.25, 0.3) is 88.3 Å². The molecule has 47 heavy (non-hydrogen) atoms. The molecule has 5 heteroatoms. The molecule has 0 bridgehead atoms. The van der Waals surface area contributed by atoms with Gasteiger partial charge in [-0.1, -0.05) is 97.1 Å². The van der Waals surface area contributed by atoms with Crippen molar-refractivity contribution in [2.75, 3.05) is 0 Å². The highest BCUT2D eigenvalue weighted by Gasteiger charge is 2.18. The number of hydrogen-bond donors (Lipinski definition) is 0. The fraction of sp³-hybridized carbons (Fsp3) is 0. The summed E-state index contributed by atoms with van der Waals surface area (Å²) in [5, 5.41) is 4.92. The molecule has 0 N–H and O–H groups in total. The summed E-state index contributed by atoms with van der Waals surface area (Å²) in [6.45, 7) is 0. The first-order chi connectivity index (χ1) is 23.3. The summed E-state index contributed by atoms with van der Waals surface area (Å²) in [6, 6.07) is 56.5. The Labute approximate surface area is 274 Å². The maximum atomic E-state index is 4.85. The van der Waals surface area contributed by atoms with E-state index >= 15 is 0 Å². The van der Waals surface area contributed by atoms with E-state index in [-0.39, 0.29) is 0 Å². The summed E-state index contributed by atoms with van der Waals surface area (Å²) in [5.74, 6) is 0. The van der Waals surface area contributed by atoms with Gasteiger partial charge < -0.3 is 9.13 Å². The van der Waals surface area contributed by atoms with Gasteiger partial charge in [-0.3, -0.25) is 0 Å². The van der Waals surface area contributed by atoms with E-state index in [1.54, 1.807) is 0 Å². The van der Waals surface area contributed by atoms with E-state index in [0.29, 0.717) is 0 Å².